The van der Waals surface area contributed by atoms with Crippen molar-refractivity contribution in [1.82, 2.24) is 0 Å². The van der Waals surface area contributed by atoms with E-state index in [0.29, 0.717) is 17.4 Å². The number of unbranched alkanes of at least 4 members (excludes halogenated alkanes) is 33. The van der Waals surface area contributed by atoms with Gasteiger partial charge in [-0.3, -0.25) is 18.6 Å². The number of likely N-dealkylation sites (N-methyl/N-ethyl adjacent to an activating group) is 1. The molecule has 9 nitrogen and oxygen atoms in total. The van der Waals surface area contributed by atoms with Crippen molar-refractivity contribution in [3.63, 3.8) is 0 Å². The average molecular weight is 981 g/mol. The smallest absolute Gasteiger partial charge is 0.462 e. The molecule has 1 N–H and O–H groups in total. The highest BCUT2D eigenvalue weighted by Crippen LogP contribution is 2.43. The van der Waals surface area contributed by atoms with Gasteiger partial charge in [0.2, 0.25) is 0 Å². The molecule has 0 saturated heterocycles. The van der Waals surface area contributed by atoms with E-state index in [1.807, 2.05) is 21.1 Å². The minimum absolute atomic E-state index is 0.0318. The van der Waals surface area contributed by atoms with E-state index in [2.05, 4.69) is 50.3 Å². The number of phosphoric acid groups is 1. The molecule has 0 fully saturated rings. The third kappa shape index (κ3) is 53.6. The predicted octanol–water partition coefficient (Wildman–Crippen LogP) is 17.6. The molecule has 0 aromatic heterocycles. The fraction of sp³-hybridized carbons (Fsp3) is 0.862. The van der Waals surface area contributed by atoms with E-state index in [1.165, 1.54) is 180 Å². The summed E-state index contributed by atoms with van der Waals surface area (Å²) in [6.07, 6.45) is 60.7. The summed E-state index contributed by atoms with van der Waals surface area (Å²) in [7, 11) is 1.48. The van der Waals surface area contributed by atoms with Gasteiger partial charge in [-0.15, -0.1) is 0 Å². The molecule has 0 bridgehead atoms. The van der Waals surface area contributed by atoms with Crippen LogP contribution in [0.3, 0.4) is 0 Å². The second-order valence-electron chi connectivity index (χ2n) is 20.7. The molecule has 0 spiro atoms. The van der Waals surface area contributed by atoms with E-state index in [-0.39, 0.29) is 32.0 Å². The van der Waals surface area contributed by atoms with E-state index in [0.717, 1.165) is 57.8 Å². The maximum absolute atomic E-state index is 12.8. The Morgan fingerprint density at radius 1 is 0.456 bits per heavy atom. The average Bonchev–Trinajstić information content (AvgIpc) is 3.30. The van der Waals surface area contributed by atoms with Crippen molar-refractivity contribution in [1.29, 1.82) is 0 Å². The molecular formula is C58H111NO8P+. The zero-order valence-corrected chi connectivity index (χ0v) is 46.2. The van der Waals surface area contributed by atoms with E-state index >= 15 is 0 Å². The molecule has 0 aromatic carbocycles. The molecule has 2 unspecified atom stereocenters. The Morgan fingerprint density at radius 3 is 1.18 bits per heavy atom. The zero-order chi connectivity index (χ0) is 49.9. The van der Waals surface area contributed by atoms with Gasteiger partial charge in [-0.25, -0.2) is 4.57 Å². The first-order chi connectivity index (χ1) is 33.0. The molecule has 0 amide bonds. The van der Waals surface area contributed by atoms with Gasteiger partial charge in [0.05, 0.1) is 27.7 Å². The predicted molar refractivity (Wildman–Crippen MR) is 289 cm³/mol. The molecule has 68 heavy (non-hydrogen) atoms. The fourth-order valence-corrected chi connectivity index (χ4v) is 8.90. The number of carbonyl (C=O) groups is 2. The molecule has 0 aliphatic heterocycles. The van der Waals surface area contributed by atoms with Crippen LogP contribution in [0.25, 0.3) is 0 Å². The normalized spacial score (nSPS) is 13.6. The van der Waals surface area contributed by atoms with E-state index in [4.69, 9.17) is 18.5 Å². The van der Waals surface area contributed by atoms with Crippen LogP contribution in [0.2, 0.25) is 0 Å². The Kier molecular flexibility index (Phi) is 48.9. The Labute approximate surface area is 421 Å². The molecule has 2 atom stereocenters. The van der Waals surface area contributed by atoms with Crippen LogP contribution >= 0.6 is 7.82 Å². The van der Waals surface area contributed by atoms with Crippen molar-refractivity contribution in [2.75, 3.05) is 47.5 Å². The molecule has 0 heterocycles. The second-order valence-corrected chi connectivity index (χ2v) is 22.1. The van der Waals surface area contributed by atoms with Crippen LogP contribution in [0, 0.1) is 0 Å². The number of nitrogens with zero attached hydrogens (tertiary/aromatic N) is 1. The Hall–Kier alpha value is -1.77. The monoisotopic (exact) mass is 981 g/mol. The summed E-state index contributed by atoms with van der Waals surface area (Å²) in [6.45, 7) is 4.44. The first-order valence-electron chi connectivity index (χ1n) is 28.7. The molecule has 0 aromatic rings. The number of ether oxygens (including phenoxy) is 2. The Balaban J connectivity index is 4.08. The molecule has 10 heteroatoms. The van der Waals surface area contributed by atoms with Crippen LogP contribution in [-0.4, -0.2) is 74.9 Å². The number of carbonyl (C=O) groups excluding carboxylic acids is 2. The van der Waals surface area contributed by atoms with Gasteiger partial charge in [0.25, 0.3) is 0 Å². The van der Waals surface area contributed by atoms with Crippen molar-refractivity contribution in [3.8, 4) is 0 Å². The van der Waals surface area contributed by atoms with Crippen LogP contribution in [0.4, 0.5) is 0 Å². The van der Waals surface area contributed by atoms with Crippen LogP contribution in [0.5, 0.6) is 0 Å². The highest BCUT2D eigenvalue weighted by Gasteiger charge is 2.27. The lowest BCUT2D eigenvalue weighted by atomic mass is 10.0. The third-order valence-electron chi connectivity index (χ3n) is 12.6. The minimum Gasteiger partial charge on any atom is -0.462 e. The van der Waals surface area contributed by atoms with Gasteiger partial charge in [0.1, 0.15) is 19.8 Å². The zero-order valence-electron chi connectivity index (χ0n) is 45.4. The number of allylic oxidation sites excluding steroid dienone is 6. The number of hydrogen-bond donors (Lipinski definition) is 1. The molecule has 0 saturated carbocycles. The molecule has 400 valence electrons. The maximum atomic E-state index is 12.8. The third-order valence-corrected chi connectivity index (χ3v) is 13.6. The molecule has 0 rings (SSSR count). The highest BCUT2D eigenvalue weighted by molar-refractivity contribution is 7.47. The number of quaternary nitrogens is 1. The number of esters is 2. The van der Waals surface area contributed by atoms with Crippen LogP contribution in [0.15, 0.2) is 36.5 Å². The van der Waals surface area contributed by atoms with E-state index < -0.39 is 26.5 Å². The number of hydrogen-bond acceptors (Lipinski definition) is 7. The first kappa shape index (κ1) is 66.2. The summed E-state index contributed by atoms with van der Waals surface area (Å²) in [5.74, 6) is -0.797. The highest BCUT2D eigenvalue weighted by atomic mass is 31.2. The molecule has 0 aliphatic carbocycles. The van der Waals surface area contributed by atoms with E-state index in [9.17, 15) is 19.0 Å². The van der Waals surface area contributed by atoms with Gasteiger partial charge in [0.15, 0.2) is 6.10 Å². The largest absolute Gasteiger partial charge is 0.472 e. The minimum atomic E-state index is -4.38. The van der Waals surface area contributed by atoms with Gasteiger partial charge in [-0.1, -0.05) is 224 Å². The van der Waals surface area contributed by atoms with Gasteiger partial charge in [0, 0.05) is 12.8 Å². The summed E-state index contributed by atoms with van der Waals surface area (Å²) in [4.78, 5) is 35.6. The number of rotatable bonds is 53. The summed E-state index contributed by atoms with van der Waals surface area (Å²) < 4.78 is 34.5. The summed E-state index contributed by atoms with van der Waals surface area (Å²) in [5, 5.41) is 0. The second kappa shape index (κ2) is 50.2. The topological polar surface area (TPSA) is 108 Å². The van der Waals surface area contributed by atoms with Crippen molar-refractivity contribution < 1.29 is 42.1 Å². The van der Waals surface area contributed by atoms with Gasteiger partial charge in [-0.05, 0) is 70.6 Å². The summed E-state index contributed by atoms with van der Waals surface area (Å²) >= 11 is 0. The maximum Gasteiger partial charge on any atom is 0.472 e. The summed E-state index contributed by atoms with van der Waals surface area (Å²) in [6, 6.07) is 0. The van der Waals surface area contributed by atoms with Gasteiger partial charge < -0.3 is 18.9 Å². The van der Waals surface area contributed by atoms with Crippen molar-refractivity contribution in [3.05, 3.63) is 36.5 Å². The quantitative estimate of drug-likeness (QED) is 0.0211. The van der Waals surface area contributed by atoms with Crippen molar-refractivity contribution in [2.24, 2.45) is 0 Å². The van der Waals surface area contributed by atoms with Crippen LogP contribution in [-0.2, 0) is 32.7 Å². The van der Waals surface area contributed by atoms with Gasteiger partial charge >= 0.3 is 19.8 Å². The van der Waals surface area contributed by atoms with Crippen LogP contribution < -0.4 is 0 Å². The molecule has 0 aliphatic rings. The Morgan fingerprint density at radius 2 is 0.794 bits per heavy atom. The number of phosphoric ester groups is 1. The fourth-order valence-electron chi connectivity index (χ4n) is 8.16. The van der Waals surface area contributed by atoms with Gasteiger partial charge in [-0.2, -0.15) is 0 Å². The summed E-state index contributed by atoms with van der Waals surface area (Å²) in [5.41, 5.74) is 0. The SMILES string of the molecule is CCCCCCC/C=C\C/C=C\CCCCCCCCCCCCCCCCCCCC(=O)OC(COC(=O)CCCCCCC/C=C\CCCCCCCC)COP(=O)(O)OCC[N+](C)(C)C. The lowest BCUT2D eigenvalue weighted by molar-refractivity contribution is -0.870. The lowest BCUT2D eigenvalue weighted by Gasteiger charge is -2.24. The van der Waals surface area contributed by atoms with Crippen molar-refractivity contribution >= 4 is 19.8 Å². The van der Waals surface area contributed by atoms with Crippen molar-refractivity contribution in [2.45, 2.75) is 277 Å². The first-order valence-corrected chi connectivity index (χ1v) is 30.2. The molecular weight excluding hydrogens is 870 g/mol. The molecule has 0 radical (unpaired) electrons. The van der Waals surface area contributed by atoms with Crippen LogP contribution in [0.1, 0.15) is 271 Å². The lowest BCUT2D eigenvalue weighted by Crippen LogP contribution is -2.37. The van der Waals surface area contributed by atoms with E-state index in [1.54, 1.807) is 0 Å². The Bertz CT molecular complexity index is 1250. The standard InChI is InChI=1S/C58H110NO8P/c1-6-8-10-12-14-16-18-20-22-23-24-25-26-27-28-29-30-31-32-33-34-35-37-39-41-43-45-47-49-51-58(61)67-56(55-66-68(62,63)65-53-52-59(3,4)5)54-64-57(60)50-48-46-44-42-40-38-36-21-19-17-15-13-11-9-7-2/h18,20-21,23-24,36,56H,6-17,19,22,25-35,37-55H2,1-5H3/p+1/b20-18-,24-23-,36-21-.